The Morgan fingerprint density at radius 1 is 1.12 bits per heavy atom. The Morgan fingerprint density at radius 3 is 2.46 bits per heavy atom. The van der Waals surface area contributed by atoms with Gasteiger partial charge in [-0.3, -0.25) is 4.79 Å². The maximum absolute atomic E-state index is 11.9. The first-order valence-corrected chi connectivity index (χ1v) is 7.97. The fourth-order valence-corrected chi connectivity index (χ4v) is 2.22. The number of nitrogens with one attached hydrogen (secondary N) is 1. The number of nitrogens with zero attached hydrogens (tertiary/aromatic N) is 1. The van der Waals surface area contributed by atoms with Gasteiger partial charge in [-0.2, -0.15) is 5.10 Å². The van der Waals surface area contributed by atoms with E-state index in [4.69, 9.17) is 4.74 Å². The van der Waals surface area contributed by atoms with Crippen LogP contribution in [-0.4, -0.2) is 18.7 Å². The number of hydrogen-bond acceptors (Lipinski definition) is 3. The topological polar surface area (TPSA) is 50.7 Å². The molecule has 0 fully saturated rings. The van der Waals surface area contributed by atoms with Crippen LogP contribution in [0.4, 0.5) is 0 Å². The minimum atomic E-state index is -0.290. The number of ether oxygens (including phenoxy) is 1. The van der Waals surface area contributed by atoms with Gasteiger partial charge in [0.05, 0.1) is 6.21 Å². The SMILES string of the molecule is Cc1ccc(/C=N/NC(=O)COc2ccccc2C(C)(C)C)cc1. The summed E-state index contributed by atoms with van der Waals surface area (Å²) in [6, 6.07) is 15.6. The summed E-state index contributed by atoms with van der Waals surface area (Å²) in [7, 11) is 0. The minimum Gasteiger partial charge on any atom is -0.483 e. The molecule has 0 radical (unpaired) electrons. The highest BCUT2D eigenvalue weighted by molar-refractivity contribution is 5.82. The van der Waals surface area contributed by atoms with Gasteiger partial charge in [0.1, 0.15) is 5.75 Å². The first-order valence-electron chi connectivity index (χ1n) is 7.97. The maximum atomic E-state index is 11.9. The number of rotatable bonds is 5. The molecule has 4 nitrogen and oxygen atoms in total. The van der Waals surface area contributed by atoms with Gasteiger partial charge in [-0.25, -0.2) is 5.43 Å². The van der Waals surface area contributed by atoms with Gasteiger partial charge in [-0.05, 0) is 29.5 Å². The first-order chi connectivity index (χ1) is 11.4. The Kier molecular flexibility index (Phi) is 5.74. The van der Waals surface area contributed by atoms with Crippen LogP contribution in [0.25, 0.3) is 0 Å². The molecule has 0 heterocycles. The van der Waals surface area contributed by atoms with Gasteiger partial charge in [-0.1, -0.05) is 68.8 Å². The van der Waals surface area contributed by atoms with E-state index in [1.165, 1.54) is 5.56 Å². The van der Waals surface area contributed by atoms with Crippen molar-refractivity contribution in [2.75, 3.05) is 6.61 Å². The fraction of sp³-hybridized carbons (Fsp3) is 0.300. The molecule has 0 bridgehead atoms. The molecule has 0 spiro atoms. The lowest BCUT2D eigenvalue weighted by Crippen LogP contribution is -2.25. The van der Waals surface area contributed by atoms with Gasteiger partial charge < -0.3 is 4.74 Å². The second kappa shape index (κ2) is 7.77. The van der Waals surface area contributed by atoms with E-state index in [2.05, 4.69) is 31.3 Å². The van der Waals surface area contributed by atoms with Crippen molar-refractivity contribution < 1.29 is 9.53 Å². The lowest BCUT2D eigenvalue weighted by atomic mass is 9.86. The molecular weight excluding hydrogens is 300 g/mol. The summed E-state index contributed by atoms with van der Waals surface area (Å²) in [6.07, 6.45) is 1.61. The lowest BCUT2D eigenvalue weighted by Gasteiger charge is -2.22. The van der Waals surface area contributed by atoms with Crippen molar-refractivity contribution in [1.82, 2.24) is 5.43 Å². The summed E-state index contributed by atoms with van der Waals surface area (Å²) in [6.45, 7) is 8.29. The zero-order valence-electron chi connectivity index (χ0n) is 14.7. The summed E-state index contributed by atoms with van der Waals surface area (Å²) in [5.41, 5.74) is 5.62. The number of aryl methyl sites for hydroxylation is 1. The third kappa shape index (κ3) is 5.23. The number of benzene rings is 2. The van der Waals surface area contributed by atoms with Crippen molar-refractivity contribution in [2.45, 2.75) is 33.1 Å². The fourth-order valence-electron chi connectivity index (χ4n) is 2.22. The third-order valence-electron chi connectivity index (χ3n) is 3.53. The number of amides is 1. The van der Waals surface area contributed by atoms with Gasteiger partial charge >= 0.3 is 0 Å². The zero-order valence-corrected chi connectivity index (χ0v) is 14.7. The molecule has 4 heteroatoms. The molecule has 0 saturated carbocycles. The van der Waals surface area contributed by atoms with Crippen LogP contribution in [0.15, 0.2) is 53.6 Å². The number of carbonyl (C=O) groups is 1. The van der Waals surface area contributed by atoms with Crippen LogP contribution in [0.1, 0.15) is 37.5 Å². The smallest absolute Gasteiger partial charge is 0.277 e. The maximum Gasteiger partial charge on any atom is 0.277 e. The first kappa shape index (κ1) is 17.7. The number of carbonyl (C=O) groups excluding carboxylic acids is 1. The van der Waals surface area contributed by atoms with Gasteiger partial charge in [0, 0.05) is 0 Å². The molecule has 0 aliphatic carbocycles. The van der Waals surface area contributed by atoms with Crippen LogP contribution in [0.3, 0.4) is 0 Å². The molecule has 2 aromatic rings. The van der Waals surface area contributed by atoms with E-state index in [-0.39, 0.29) is 17.9 Å². The van der Waals surface area contributed by atoms with Crippen LogP contribution in [-0.2, 0) is 10.2 Å². The largest absolute Gasteiger partial charge is 0.483 e. The number of para-hydroxylation sites is 1. The molecule has 0 aliphatic rings. The molecule has 0 aliphatic heterocycles. The Hall–Kier alpha value is -2.62. The van der Waals surface area contributed by atoms with E-state index in [9.17, 15) is 4.79 Å². The normalized spacial score (nSPS) is 11.5. The molecule has 1 amide bonds. The zero-order chi connectivity index (χ0) is 17.6. The van der Waals surface area contributed by atoms with E-state index in [1.807, 2.05) is 55.5 Å². The highest BCUT2D eigenvalue weighted by Gasteiger charge is 2.18. The van der Waals surface area contributed by atoms with E-state index in [0.717, 1.165) is 16.9 Å². The Labute approximate surface area is 143 Å². The van der Waals surface area contributed by atoms with Crippen LogP contribution >= 0.6 is 0 Å². The van der Waals surface area contributed by atoms with E-state index >= 15 is 0 Å². The lowest BCUT2D eigenvalue weighted by molar-refractivity contribution is -0.123. The van der Waals surface area contributed by atoms with E-state index in [1.54, 1.807) is 6.21 Å². The monoisotopic (exact) mass is 324 g/mol. The summed E-state index contributed by atoms with van der Waals surface area (Å²) < 4.78 is 5.66. The average Bonchev–Trinajstić information content (AvgIpc) is 2.54. The second-order valence-corrected chi connectivity index (χ2v) is 6.74. The molecule has 1 N–H and O–H groups in total. The standard InChI is InChI=1S/C20H24N2O2/c1-15-9-11-16(12-10-15)13-21-22-19(23)14-24-18-8-6-5-7-17(18)20(2,3)4/h5-13H,14H2,1-4H3,(H,22,23)/b21-13+. The summed E-state index contributed by atoms with van der Waals surface area (Å²) in [4.78, 5) is 11.9. The molecule has 0 unspecified atom stereocenters. The molecule has 2 rings (SSSR count). The van der Waals surface area contributed by atoms with Gasteiger partial charge in [0.25, 0.3) is 5.91 Å². The summed E-state index contributed by atoms with van der Waals surface area (Å²) in [5.74, 6) is 0.435. The molecule has 0 aromatic heterocycles. The van der Waals surface area contributed by atoms with Gasteiger partial charge in [-0.15, -0.1) is 0 Å². The minimum absolute atomic E-state index is 0.0450. The highest BCUT2D eigenvalue weighted by Crippen LogP contribution is 2.30. The molecule has 24 heavy (non-hydrogen) atoms. The quantitative estimate of drug-likeness (QED) is 0.671. The average molecular weight is 324 g/mol. The van der Waals surface area contributed by atoms with Crippen molar-refractivity contribution in [3.8, 4) is 5.75 Å². The van der Waals surface area contributed by atoms with Gasteiger partial charge in [0.2, 0.25) is 0 Å². The number of hydrogen-bond donors (Lipinski definition) is 1. The van der Waals surface area contributed by atoms with E-state index in [0.29, 0.717) is 0 Å². The predicted octanol–water partition coefficient (Wildman–Crippen LogP) is 3.82. The molecule has 2 aromatic carbocycles. The molecule has 0 saturated heterocycles. The van der Waals surface area contributed by atoms with Crippen LogP contribution in [0.5, 0.6) is 5.75 Å². The molecule has 0 atom stereocenters. The molecular formula is C20H24N2O2. The predicted molar refractivity (Wildman–Crippen MR) is 97.6 cm³/mol. The Bertz CT molecular complexity index is 713. The van der Waals surface area contributed by atoms with Crippen molar-refractivity contribution >= 4 is 12.1 Å². The summed E-state index contributed by atoms with van der Waals surface area (Å²) >= 11 is 0. The van der Waals surface area contributed by atoms with Crippen molar-refractivity contribution in [2.24, 2.45) is 5.10 Å². The van der Waals surface area contributed by atoms with Crippen LogP contribution in [0.2, 0.25) is 0 Å². The van der Waals surface area contributed by atoms with Crippen molar-refractivity contribution in [3.05, 3.63) is 65.2 Å². The van der Waals surface area contributed by atoms with E-state index < -0.39 is 0 Å². The third-order valence-corrected chi connectivity index (χ3v) is 3.53. The highest BCUT2D eigenvalue weighted by atomic mass is 16.5. The Balaban J connectivity index is 1.89. The second-order valence-electron chi connectivity index (χ2n) is 6.74. The summed E-state index contributed by atoms with van der Waals surface area (Å²) in [5, 5.41) is 3.95. The van der Waals surface area contributed by atoms with Crippen LogP contribution < -0.4 is 10.2 Å². The molecule has 126 valence electrons. The number of hydrazone groups is 1. The van der Waals surface area contributed by atoms with Crippen LogP contribution in [0, 0.1) is 6.92 Å². The Morgan fingerprint density at radius 2 is 1.79 bits per heavy atom. The van der Waals surface area contributed by atoms with Crippen molar-refractivity contribution in [1.29, 1.82) is 0 Å². The van der Waals surface area contributed by atoms with Gasteiger partial charge in [0.15, 0.2) is 6.61 Å². The van der Waals surface area contributed by atoms with Crippen molar-refractivity contribution in [3.63, 3.8) is 0 Å².